The molecule has 0 saturated heterocycles. The predicted octanol–water partition coefficient (Wildman–Crippen LogP) is 3.36. The van der Waals surface area contributed by atoms with Crippen molar-refractivity contribution in [1.82, 2.24) is 9.99 Å². The molecule has 8 heteroatoms. The number of thiocarbonyl (C=S) groups is 1. The number of aryl methyl sites for hydroxylation is 1. The highest BCUT2D eigenvalue weighted by atomic mass is 32.1. The average Bonchev–Trinajstić information content (AvgIpc) is 2.84. The smallest absolute Gasteiger partial charge is 0.350 e. The Morgan fingerprint density at radius 2 is 1.95 bits per heavy atom. The third kappa shape index (κ3) is 4.08. The van der Waals surface area contributed by atoms with Gasteiger partial charge in [-0.25, -0.2) is 0 Å². The third-order valence-electron chi connectivity index (χ3n) is 2.83. The minimum absolute atomic E-state index is 0.0258. The number of rotatable bonds is 3. The van der Waals surface area contributed by atoms with E-state index in [0.29, 0.717) is 0 Å². The minimum atomic E-state index is -4.45. The van der Waals surface area contributed by atoms with Gasteiger partial charge in [-0.3, -0.25) is 5.43 Å². The van der Waals surface area contributed by atoms with Crippen molar-refractivity contribution >= 4 is 29.2 Å². The fourth-order valence-corrected chi connectivity index (χ4v) is 1.92. The van der Waals surface area contributed by atoms with Crippen molar-refractivity contribution in [2.45, 2.75) is 6.18 Å². The molecule has 4 nitrogen and oxygen atoms in total. The van der Waals surface area contributed by atoms with E-state index < -0.39 is 11.7 Å². The Hall–Kier alpha value is -2.35. The van der Waals surface area contributed by atoms with Gasteiger partial charge in [0, 0.05) is 13.2 Å². The molecular weight excluding hydrogens is 313 g/mol. The molecule has 1 heterocycles. The Kier molecular flexibility index (Phi) is 4.81. The Balaban J connectivity index is 2.01. The molecule has 2 rings (SSSR count). The van der Waals surface area contributed by atoms with Crippen LogP contribution in [0.5, 0.6) is 0 Å². The summed E-state index contributed by atoms with van der Waals surface area (Å²) in [7, 11) is 1.84. The summed E-state index contributed by atoms with van der Waals surface area (Å²) in [5.74, 6) is 0. The first-order valence-corrected chi connectivity index (χ1v) is 6.66. The highest BCUT2D eigenvalue weighted by molar-refractivity contribution is 7.80. The van der Waals surface area contributed by atoms with Crippen LogP contribution < -0.4 is 10.7 Å². The molecule has 0 aliphatic heterocycles. The molecule has 1 aromatic heterocycles. The van der Waals surface area contributed by atoms with E-state index in [1.807, 2.05) is 29.9 Å². The molecule has 1 aromatic carbocycles. The Bertz CT molecular complexity index is 691. The number of anilines is 1. The molecule has 2 N–H and O–H groups in total. The van der Waals surface area contributed by atoms with Crippen LogP contribution in [0.2, 0.25) is 0 Å². The molecule has 0 atom stereocenters. The van der Waals surface area contributed by atoms with Gasteiger partial charge in [0.05, 0.1) is 23.2 Å². The summed E-state index contributed by atoms with van der Waals surface area (Å²) in [6.07, 6.45) is -1.09. The largest absolute Gasteiger partial charge is 0.418 e. The van der Waals surface area contributed by atoms with E-state index in [2.05, 4.69) is 15.8 Å². The van der Waals surface area contributed by atoms with Crippen LogP contribution in [0.3, 0.4) is 0 Å². The molecule has 116 valence electrons. The standard InChI is InChI=1S/C14H13F3N4S/c1-21-8-4-5-10(21)9-18-20-13(22)19-12-7-3-2-6-11(12)14(15,16)17/h2-9H,1H3,(H2,19,20,22)/b18-9+. The van der Waals surface area contributed by atoms with Crippen LogP contribution in [0.4, 0.5) is 18.9 Å². The van der Waals surface area contributed by atoms with Gasteiger partial charge in [0.25, 0.3) is 0 Å². The second-order valence-corrected chi connectivity index (χ2v) is 4.82. The zero-order chi connectivity index (χ0) is 16.2. The normalized spacial score (nSPS) is 11.6. The fourth-order valence-electron chi connectivity index (χ4n) is 1.76. The maximum absolute atomic E-state index is 12.8. The number of benzene rings is 1. The second-order valence-electron chi connectivity index (χ2n) is 4.41. The summed E-state index contributed by atoms with van der Waals surface area (Å²) in [4.78, 5) is 0. The summed E-state index contributed by atoms with van der Waals surface area (Å²) < 4.78 is 40.4. The van der Waals surface area contributed by atoms with E-state index >= 15 is 0 Å². The number of nitrogens with one attached hydrogen (secondary N) is 2. The lowest BCUT2D eigenvalue weighted by Gasteiger charge is -2.14. The van der Waals surface area contributed by atoms with E-state index in [0.717, 1.165) is 11.8 Å². The van der Waals surface area contributed by atoms with Crippen LogP contribution in [-0.4, -0.2) is 15.9 Å². The minimum Gasteiger partial charge on any atom is -0.350 e. The van der Waals surface area contributed by atoms with Crippen LogP contribution in [0.1, 0.15) is 11.3 Å². The zero-order valence-corrected chi connectivity index (χ0v) is 12.4. The molecule has 0 aliphatic rings. The molecule has 22 heavy (non-hydrogen) atoms. The van der Waals surface area contributed by atoms with Crippen molar-refractivity contribution in [3.05, 3.63) is 53.9 Å². The van der Waals surface area contributed by atoms with E-state index in [1.54, 1.807) is 0 Å². The van der Waals surface area contributed by atoms with Gasteiger partial charge in [0.1, 0.15) is 0 Å². The number of hydrogen-bond donors (Lipinski definition) is 2. The second kappa shape index (κ2) is 6.61. The first kappa shape index (κ1) is 16.0. The van der Waals surface area contributed by atoms with E-state index in [9.17, 15) is 13.2 Å². The van der Waals surface area contributed by atoms with Crippen LogP contribution in [0, 0.1) is 0 Å². The van der Waals surface area contributed by atoms with Crippen molar-refractivity contribution in [2.24, 2.45) is 12.1 Å². The van der Waals surface area contributed by atoms with Crippen LogP contribution in [0.15, 0.2) is 47.7 Å². The topological polar surface area (TPSA) is 41.4 Å². The average molecular weight is 326 g/mol. The van der Waals surface area contributed by atoms with Gasteiger partial charge in [0.2, 0.25) is 0 Å². The van der Waals surface area contributed by atoms with Gasteiger partial charge in [-0.05, 0) is 36.5 Å². The molecule has 0 spiro atoms. The number of nitrogens with zero attached hydrogens (tertiary/aromatic N) is 2. The van der Waals surface area contributed by atoms with Gasteiger partial charge < -0.3 is 9.88 Å². The summed E-state index contributed by atoms with van der Waals surface area (Å²) >= 11 is 4.94. The van der Waals surface area contributed by atoms with Gasteiger partial charge >= 0.3 is 6.18 Å². The maximum Gasteiger partial charge on any atom is 0.418 e. The van der Waals surface area contributed by atoms with Gasteiger partial charge in [-0.2, -0.15) is 18.3 Å². The summed E-state index contributed by atoms with van der Waals surface area (Å²) in [5.41, 5.74) is 2.40. The summed E-state index contributed by atoms with van der Waals surface area (Å²) in [5, 5.41) is 6.35. The predicted molar refractivity (Wildman–Crippen MR) is 83.8 cm³/mol. The van der Waals surface area contributed by atoms with Crippen molar-refractivity contribution < 1.29 is 13.2 Å². The van der Waals surface area contributed by atoms with Crippen LogP contribution in [-0.2, 0) is 13.2 Å². The maximum atomic E-state index is 12.8. The first-order valence-electron chi connectivity index (χ1n) is 6.25. The number of para-hydroxylation sites is 1. The molecule has 0 aliphatic carbocycles. The summed E-state index contributed by atoms with van der Waals surface area (Å²) in [6, 6.07) is 8.78. The molecule has 0 amide bonds. The molecule has 0 fully saturated rings. The molecule has 0 saturated carbocycles. The van der Waals surface area contributed by atoms with Crippen molar-refractivity contribution in [2.75, 3.05) is 5.32 Å². The number of hydrogen-bond acceptors (Lipinski definition) is 2. The fraction of sp³-hybridized carbons (Fsp3) is 0.143. The molecule has 0 unspecified atom stereocenters. The lowest BCUT2D eigenvalue weighted by atomic mass is 10.2. The lowest BCUT2D eigenvalue weighted by Crippen LogP contribution is -2.25. The van der Waals surface area contributed by atoms with Crippen molar-refractivity contribution in [3.8, 4) is 0 Å². The molecule has 0 bridgehead atoms. The molecular formula is C14H13F3N4S. The highest BCUT2D eigenvalue weighted by Gasteiger charge is 2.33. The highest BCUT2D eigenvalue weighted by Crippen LogP contribution is 2.34. The number of alkyl halides is 3. The van der Waals surface area contributed by atoms with Gasteiger partial charge in [-0.1, -0.05) is 12.1 Å². The number of halogens is 3. The zero-order valence-electron chi connectivity index (χ0n) is 11.6. The van der Waals surface area contributed by atoms with Crippen molar-refractivity contribution in [3.63, 3.8) is 0 Å². The molecule has 2 aromatic rings. The number of aromatic nitrogens is 1. The van der Waals surface area contributed by atoms with Crippen LogP contribution in [0.25, 0.3) is 0 Å². The monoisotopic (exact) mass is 326 g/mol. The molecule has 0 radical (unpaired) electrons. The third-order valence-corrected chi connectivity index (χ3v) is 3.02. The van der Waals surface area contributed by atoms with Gasteiger partial charge in [-0.15, -0.1) is 0 Å². The van der Waals surface area contributed by atoms with E-state index in [4.69, 9.17) is 12.2 Å². The van der Waals surface area contributed by atoms with Crippen molar-refractivity contribution in [1.29, 1.82) is 0 Å². The number of hydrazone groups is 1. The Labute approximate surface area is 130 Å². The first-order chi connectivity index (χ1) is 10.4. The quantitative estimate of drug-likeness (QED) is 0.516. The lowest BCUT2D eigenvalue weighted by molar-refractivity contribution is -0.136. The van der Waals surface area contributed by atoms with E-state index in [-0.39, 0.29) is 10.8 Å². The SMILES string of the molecule is Cn1cccc1/C=N/NC(=S)Nc1ccccc1C(F)(F)F. The van der Waals surface area contributed by atoms with Crippen LogP contribution >= 0.6 is 12.2 Å². The Morgan fingerprint density at radius 1 is 1.23 bits per heavy atom. The summed E-state index contributed by atoms with van der Waals surface area (Å²) in [6.45, 7) is 0. The Morgan fingerprint density at radius 3 is 2.59 bits per heavy atom. The van der Waals surface area contributed by atoms with E-state index in [1.165, 1.54) is 24.4 Å². The van der Waals surface area contributed by atoms with Gasteiger partial charge in [0.15, 0.2) is 5.11 Å².